The maximum absolute atomic E-state index is 2.40. The van der Waals surface area contributed by atoms with E-state index in [9.17, 15) is 0 Å². The lowest BCUT2D eigenvalue weighted by Crippen LogP contribution is -2.16. The first kappa shape index (κ1) is 12.9. The van der Waals surface area contributed by atoms with Crippen LogP contribution in [0.25, 0.3) is 5.57 Å². The molecule has 2 aromatic rings. The molecule has 0 radical (unpaired) electrons. The number of hydrogen-bond donors (Lipinski definition) is 0. The lowest BCUT2D eigenvalue weighted by atomic mass is 9.96. The normalized spacial score (nSPS) is 21.7. The molecule has 0 N–H and O–H groups in total. The molecule has 96 valence electrons. The first-order chi connectivity index (χ1) is 9.22. The fourth-order valence-corrected chi connectivity index (χ4v) is 4.21. The smallest absolute Gasteiger partial charge is 0.0816 e. The first-order valence-electron chi connectivity index (χ1n) is 6.34. The van der Waals surface area contributed by atoms with Crippen LogP contribution < -0.4 is 0 Å². The van der Waals surface area contributed by atoms with E-state index in [4.69, 9.17) is 0 Å². The van der Waals surface area contributed by atoms with Gasteiger partial charge < -0.3 is 0 Å². The highest BCUT2D eigenvalue weighted by atomic mass is 32.2. The number of hydrogen-bond acceptors (Lipinski definition) is 2. The van der Waals surface area contributed by atoms with Gasteiger partial charge in [-0.3, -0.25) is 0 Å². The summed E-state index contributed by atoms with van der Waals surface area (Å²) >= 11 is 3.84. The van der Waals surface area contributed by atoms with Crippen molar-refractivity contribution in [3.05, 3.63) is 71.8 Å². The standard InChI is InChI=1S/C17H16S2/c1-17(18-2)12-15(13-8-4-3-5-9-13)14-10-6-7-11-16(14)19-17/h3-12H,1-2H3. The summed E-state index contributed by atoms with van der Waals surface area (Å²) in [5.41, 5.74) is 4.01. The van der Waals surface area contributed by atoms with Crippen molar-refractivity contribution in [1.29, 1.82) is 0 Å². The molecule has 19 heavy (non-hydrogen) atoms. The zero-order chi connectivity index (χ0) is 13.3. The van der Waals surface area contributed by atoms with Gasteiger partial charge >= 0.3 is 0 Å². The van der Waals surface area contributed by atoms with Crippen molar-refractivity contribution in [2.45, 2.75) is 15.9 Å². The summed E-state index contributed by atoms with van der Waals surface area (Å²) < 4.78 is 0.111. The number of rotatable bonds is 2. The Morgan fingerprint density at radius 1 is 0.947 bits per heavy atom. The van der Waals surface area contributed by atoms with Gasteiger partial charge in [0.15, 0.2) is 0 Å². The number of thioether (sulfide) groups is 2. The van der Waals surface area contributed by atoms with Crippen molar-refractivity contribution in [2.75, 3.05) is 6.26 Å². The van der Waals surface area contributed by atoms with Gasteiger partial charge in [0.25, 0.3) is 0 Å². The Balaban J connectivity index is 2.19. The van der Waals surface area contributed by atoms with Gasteiger partial charge in [0.05, 0.1) is 4.08 Å². The van der Waals surface area contributed by atoms with E-state index in [1.54, 1.807) is 0 Å². The van der Waals surface area contributed by atoms with Crippen LogP contribution in [0.1, 0.15) is 18.1 Å². The molecule has 0 aliphatic carbocycles. The summed E-state index contributed by atoms with van der Waals surface area (Å²) in [7, 11) is 0. The van der Waals surface area contributed by atoms with Gasteiger partial charge in [-0.05, 0) is 35.9 Å². The lowest BCUT2D eigenvalue weighted by molar-refractivity contribution is 1.13. The van der Waals surface area contributed by atoms with E-state index in [0.717, 1.165) is 0 Å². The topological polar surface area (TPSA) is 0 Å². The van der Waals surface area contributed by atoms with Gasteiger partial charge in [0.2, 0.25) is 0 Å². The Hall–Kier alpha value is -1.12. The van der Waals surface area contributed by atoms with Gasteiger partial charge in [-0.15, -0.1) is 23.5 Å². The molecule has 0 saturated heterocycles. The summed E-state index contributed by atoms with van der Waals surface area (Å²) in [6.45, 7) is 2.29. The van der Waals surface area contributed by atoms with Crippen molar-refractivity contribution in [3.8, 4) is 0 Å². The highest BCUT2D eigenvalue weighted by Crippen LogP contribution is 2.50. The van der Waals surface area contributed by atoms with Crippen LogP contribution in [0, 0.1) is 0 Å². The fraction of sp³-hybridized carbons (Fsp3) is 0.176. The highest BCUT2D eigenvalue weighted by molar-refractivity contribution is 8.18. The van der Waals surface area contributed by atoms with Gasteiger partial charge in [-0.25, -0.2) is 0 Å². The van der Waals surface area contributed by atoms with E-state index in [1.165, 1.54) is 21.6 Å². The Morgan fingerprint density at radius 3 is 2.37 bits per heavy atom. The molecule has 0 nitrogen and oxygen atoms in total. The largest absolute Gasteiger partial charge is 0.143 e. The molecule has 1 aliphatic rings. The minimum atomic E-state index is 0.111. The van der Waals surface area contributed by atoms with Crippen molar-refractivity contribution in [1.82, 2.24) is 0 Å². The number of benzene rings is 2. The zero-order valence-electron chi connectivity index (χ0n) is 11.1. The van der Waals surface area contributed by atoms with Gasteiger partial charge in [-0.2, -0.15) is 0 Å². The van der Waals surface area contributed by atoms with E-state index in [0.29, 0.717) is 0 Å². The van der Waals surface area contributed by atoms with Gasteiger partial charge in [-0.1, -0.05) is 54.6 Å². The second-order valence-corrected chi connectivity index (χ2v) is 7.75. The second kappa shape index (κ2) is 5.10. The second-order valence-electron chi connectivity index (χ2n) is 4.74. The first-order valence-corrected chi connectivity index (χ1v) is 8.38. The van der Waals surface area contributed by atoms with E-state index in [2.05, 4.69) is 73.9 Å². The van der Waals surface area contributed by atoms with E-state index >= 15 is 0 Å². The van der Waals surface area contributed by atoms with Crippen LogP contribution in [0.5, 0.6) is 0 Å². The SMILES string of the molecule is CSC1(C)C=C(c2ccccc2)c2ccccc2S1. The molecule has 2 heteroatoms. The average Bonchev–Trinajstić information content (AvgIpc) is 2.47. The molecule has 0 bridgehead atoms. The van der Waals surface area contributed by atoms with Crippen LogP contribution in [0.3, 0.4) is 0 Å². The molecule has 0 amide bonds. The van der Waals surface area contributed by atoms with Crippen molar-refractivity contribution in [2.24, 2.45) is 0 Å². The summed E-state index contributed by atoms with van der Waals surface area (Å²) in [6.07, 6.45) is 4.58. The third-order valence-corrected chi connectivity index (χ3v) is 6.16. The van der Waals surface area contributed by atoms with Gasteiger partial charge in [0.1, 0.15) is 0 Å². The van der Waals surface area contributed by atoms with Crippen LogP contribution in [-0.2, 0) is 0 Å². The molecule has 1 heterocycles. The Kier molecular flexibility index (Phi) is 3.46. The molecular weight excluding hydrogens is 268 g/mol. The summed E-state index contributed by atoms with van der Waals surface area (Å²) in [6, 6.07) is 19.4. The van der Waals surface area contributed by atoms with Crippen LogP contribution in [0.2, 0.25) is 0 Å². The molecule has 2 aromatic carbocycles. The molecule has 1 unspecified atom stereocenters. The minimum Gasteiger partial charge on any atom is -0.143 e. The third-order valence-electron chi connectivity index (χ3n) is 3.39. The average molecular weight is 284 g/mol. The van der Waals surface area contributed by atoms with Crippen LogP contribution in [0.15, 0.2) is 65.6 Å². The summed E-state index contributed by atoms with van der Waals surface area (Å²) in [4.78, 5) is 1.38. The lowest BCUT2D eigenvalue weighted by Gasteiger charge is -2.31. The van der Waals surface area contributed by atoms with Crippen molar-refractivity contribution in [3.63, 3.8) is 0 Å². The van der Waals surface area contributed by atoms with Gasteiger partial charge in [0, 0.05) is 4.90 Å². The molecule has 0 saturated carbocycles. The molecule has 1 atom stereocenters. The summed E-state index contributed by atoms with van der Waals surface area (Å²) in [5.74, 6) is 0. The summed E-state index contributed by atoms with van der Waals surface area (Å²) in [5, 5.41) is 0. The van der Waals surface area contributed by atoms with Crippen LogP contribution >= 0.6 is 23.5 Å². The minimum absolute atomic E-state index is 0.111. The number of fused-ring (bicyclic) bond motifs is 1. The van der Waals surface area contributed by atoms with E-state index in [-0.39, 0.29) is 4.08 Å². The fourth-order valence-electron chi connectivity index (χ4n) is 2.32. The monoisotopic (exact) mass is 284 g/mol. The molecule has 0 spiro atoms. The zero-order valence-corrected chi connectivity index (χ0v) is 12.7. The molecule has 3 rings (SSSR count). The molecule has 0 fully saturated rings. The Bertz CT molecular complexity index is 616. The van der Waals surface area contributed by atoms with Crippen molar-refractivity contribution < 1.29 is 0 Å². The Morgan fingerprint density at radius 2 is 1.63 bits per heavy atom. The molecular formula is C17H16S2. The van der Waals surface area contributed by atoms with E-state index in [1.807, 2.05) is 23.5 Å². The van der Waals surface area contributed by atoms with Crippen LogP contribution in [0.4, 0.5) is 0 Å². The third kappa shape index (κ3) is 2.47. The predicted molar refractivity (Wildman–Crippen MR) is 87.7 cm³/mol. The van der Waals surface area contributed by atoms with E-state index < -0.39 is 0 Å². The maximum Gasteiger partial charge on any atom is 0.0816 e. The maximum atomic E-state index is 2.40. The molecule has 1 aliphatic heterocycles. The van der Waals surface area contributed by atoms with Crippen molar-refractivity contribution >= 4 is 29.1 Å². The quantitative estimate of drug-likeness (QED) is 0.733. The van der Waals surface area contributed by atoms with Crippen LogP contribution in [-0.4, -0.2) is 10.3 Å². The Labute approximate surface area is 123 Å². The molecule has 0 aromatic heterocycles. The predicted octanol–water partition coefficient (Wildman–Crippen LogP) is 5.30. The highest BCUT2D eigenvalue weighted by Gasteiger charge is 2.29.